The Hall–Kier alpha value is -2.14. The van der Waals surface area contributed by atoms with E-state index in [9.17, 15) is 0 Å². The molecule has 0 spiro atoms. The SMILES string of the molecule is CCn1c(CN[C@@H]2CCC[C@H]2Cc2cc(C)no2)nc2ccccc21. The van der Waals surface area contributed by atoms with E-state index in [1.165, 1.54) is 24.8 Å². The molecule has 0 amide bonds. The fourth-order valence-electron chi connectivity index (χ4n) is 4.16. The predicted octanol–water partition coefficient (Wildman–Crippen LogP) is 3.85. The minimum absolute atomic E-state index is 0.524. The van der Waals surface area contributed by atoms with Crippen LogP contribution in [-0.2, 0) is 19.5 Å². The van der Waals surface area contributed by atoms with Gasteiger partial charge in [0.2, 0.25) is 0 Å². The first-order valence-corrected chi connectivity index (χ1v) is 9.34. The van der Waals surface area contributed by atoms with Crippen LogP contribution in [0.25, 0.3) is 11.0 Å². The number of fused-ring (bicyclic) bond motifs is 1. The van der Waals surface area contributed by atoms with Gasteiger partial charge in [-0.1, -0.05) is 23.7 Å². The van der Waals surface area contributed by atoms with Gasteiger partial charge in [-0.25, -0.2) is 4.98 Å². The van der Waals surface area contributed by atoms with Crippen LogP contribution < -0.4 is 5.32 Å². The third kappa shape index (κ3) is 3.33. The quantitative estimate of drug-likeness (QED) is 0.741. The molecule has 25 heavy (non-hydrogen) atoms. The number of hydrogen-bond donors (Lipinski definition) is 1. The second kappa shape index (κ2) is 7.00. The molecule has 5 heteroatoms. The highest BCUT2D eigenvalue weighted by Gasteiger charge is 2.28. The lowest BCUT2D eigenvalue weighted by atomic mass is 9.98. The van der Waals surface area contributed by atoms with Crippen molar-refractivity contribution in [3.63, 3.8) is 0 Å². The fraction of sp³-hybridized carbons (Fsp3) is 0.500. The van der Waals surface area contributed by atoms with E-state index >= 15 is 0 Å². The first kappa shape index (κ1) is 16.3. The third-order valence-corrected chi connectivity index (χ3v) is 5.37. The summed E-state index contributed by atoms with van der Waals surface area (Å²) in [6, 6.07) is 11.0. The summed E-state index contributed by atoms with van der Waals surface area (Å²) in [6.45, 7) is 5.93. The van der Waals surface area contributed by atoms with Crippen molar-refractivity contribution in [2.45, 2.75) is 58.7 Å². The Balaban J connectivity index is 1.45. The van der Waals surface area contributed by atoms with Crippen LogP contribution in [0.15, 0.2) is 34.9 Å². The van der Waals surface area contributed by atoms with Gasteiger partial charge in [0.05, 0.1) is 23.3 Å². The van der Waals surface area contributed by atoms with Crippen LogP contribution in [-0.4, -0.2) is 20.7 Å². The van der Waals surface area contributed by atoms with Crippen molar-refractivity contribution in [2.75, 3.05) is 0 Å². The average molecular weight is 338 g/mol. The molecule has 0 unspecified atom stereocenters. The van der Waals surface area contributed by atoms with Crippen LogP contribution in [0, 0.1) is 12.8 Å². The van der Waals surface area contributed by atoms with Crippen molar-refractivity contribution < 1.29 is 4.52 Å². The van der Waals surface area contributed by atoms with E-state index < -0.39 is 0 Å². The number of para-hydroxylation sites is 2. The monoisotopic (exact) mass is 338 g/mol. The molecule has 1 aliphatic rings. The van der Waals surface area contributed by atoms with Crippen molar-refractivity contribution in [1.29, 1.82) is 0 Å². The molecule has 3 aromatic rings. The Bertz CT molecular complexity index is 850. The average Bonchev–Trinajstić information content (AvgIpc) is 3.31. The van der Waals surface area contributed by atoms with E-state index in [1.807, 2.05) is 6.92 Å². The van der Waals surface area contributed by atoms with Crippen molar-refractivity contribution in [3.8, 4) is 0 Å². The molecule has 1 aromatic carbocycles. The normalized spacial score (nSPS) is 20.6. The van der Waals surface area contributed by atoms with Gasteiger partial charge in [0.1, 0.15) is 11.6 Å². The zero-order chi connectivity index (χ0) is 17.2. The highest BCUT2D eigenvalue weighted by Crippen LogP contribution is 2.29. The number of hydrogen-bond acceptors (Lipinski definition) is 4. The number of aromatic nitrogens is 3. The maximum absolute atomic E-state index is 5.42. The highest BCUT2D eigenvalue weighted by molar-refractivity contribution is 5.75. The molecule has 0 saturated heterocycles. The van der Waals surface area contributed by atoms with E-state index in [2.05, 4.69) is 52.3 Å². The predicted molar refractivity (Wildman–Crippen MR) is 98.3 cm³/mol. The molecular weight excluding hydrogens is 312 g/mol. The van der Waals surface area contributed by atoms with Crippen molar-refractivity contribution in [1.82, 2.24) is 20.0 Å². The summed E-state index contributed by atoms with van der Waals surface area (Å²) >= 11 is 0. The minimum atomic E-state index is 0.524. The van der Waals surface area contributed by atoms with Crippen LogP contribution in [0.2, 0.25) is 0 Å². The molecule has 1 N–H and O–H groups in total. The number of nitrogens with one attached hydrogen (secondary N) is 1. The lowest BCUT2D eigenvalue weighted by Crippen LogP contribution is -2.33. The Morgan fingerprint density at radius 1 is 1.28 bits per heavy atom. The molecule has 2 atom stereocenters. The van der Waals surface area contributed by atoms with E-state index in [-0.39, 0.29) is 0 Å². The number of aryl methyl sites for hydroxylation is 2. The highest BCUT2D eigenvalue weighted by atomic mass is 16.5. The van der Waals surface area contributed by atoms with Gasteiger partial charge in [0.25, 0.3) is 0 Å². The number of benzene rings is 1. The molecule has 1 aliphatic carbocycles. The van der Waals surface area contributed by atoms with Crippen molar-refractivity contribution in [2.24, 2.45) is 5.92 Å². The summed E-state index contributed by atoms with van der Waals surface area (Å²) in [5, 5.41) is 7.78. The molecule has 5 nitrogen and oxygen atoms in total. The Labute approximate surface area is 148 Å². The standard InChI is InChI=1S/C20H26N4O/c1-3-24-19-10-5-4-8-18(19)22-20(24)13-21-17-9-6-7-15(17)12-16-11-14(2)23-25-16/h4-5,8,10-11,15,17,21H,3,6-7,9,12-13H2,1-2H3/t15-,17+/m0/s1. The molecule has 0 radical (unpaired) electrons. The maximum Gasteiger partial charge on any atom is 0.137 e. The van der Waals surface area contributed by atoms with Gasteiger partial charge >= 0.3 is 0 Å². The molecule has 1 saturated carbocycles. The van der Waals surface area contributed by atoms with Crippen LogP contribution in [0.5, 0.6) is 0 Å². The molecule has 1 fully saturated rings. The fourth-order valence-corrected chi connectivity index (χ4v) is 4.16. The zero-order valence-corrected chi connectivity index (χ0v) is 15.0. The largest absolute Gasteiger partial charge is 0.361 e. The van der Waals surface area contributed by atoms with Gasteiger partial charge < -0.3 is 14.4 Å². The summed E-state index contributed by atoms with van der Waals surface area (Å²) < 4.78 is 7.73. The van der Waals surface area contributed by atoms with Gasteiger partial charge in [0.15, 0.2) is 0 Å². The Morgan fingerprint density at radius 3 is 2.96 bits per heavy atom. The molecule has 4 rings (SSSR count). The minimum Gasteiger partial charge on any atom is -0.361 e. The molecule has 0 bridgehead atoms. The lowest BCUT2D eigenvalue weighted by molar-refractivity contribution is 0.327. The molecule has 132 valence electrons. The first-order valence-electron chi connectivity index (χ1n) is 9.34. The summed E-state index contributed by atoms with van der Waals surface area (Å²) in [5.74, 6) is 2.76. The van der Waals surface area contributed by atoms with E-state index in [4.69, 9.17) is 9.51 Å². The zero-order valence-electron chi connectivity index (χ0n) is 15.0. The number of rotatable bonds is 6. The van der Waals surface area contributed by atoms with Gasteiger partial charge in [-0.3, -0.25) is 0 Å². The second-order valence-corrected chi connectivity index (χ2v) is 7.08. The third-order valence-electron chi connectivity index (χ3n) is 5.37. The summed E-state index contributed by atoms with van der Waals surface area (Å²) in [7, 11) is 0. The molecular formula is C20H26N4O. The van der Waals surface area contributed by atoms with Crippen LogP contribution >= 0.6 is 0 Å². The number of nitrogens with zero attached hydrogens (tertiary/aromatic N) is 3. The van der Waals surface area contributed by atoms with Gasteiger partial charge in [-0.2, -0.15) is 0 Å². The van der Waals surface area contributed by atoms with E-state index in [0.29, 0.717) is 12.0 Å². The van der Waals surface area contributed by atoms with E-state index in [1.54, 1.807) is 0 Å². The summed E-state index contributed by atoms with van der Waals surface area (Å²) in [5.41, 5.74) is 3.28. The maximum atomic E-state index is 5.42. The smallest absolute Gasteiger partial charge is 0.137 e. The first-order chi connectivity index (χ1) is 12.2. The van der Waals surface area contributed by atoms with Crippen LogP contribution in [0.4, 0.5) is 0 Å². The van der Waals surface area contributed by atoms with Crippen LogP contribution in [0.1, 0.15) is 43.5 Å². The van der Waals surface area contributed by atoms with E-state index in [0.717, 1.165) is 42.3 Å². The Kier molecular flexibility index (Phi) is 4.57. The van der Waals surface area contributed by atoms with Gasteiger partial charge in [0, 0.05) is 25.1 Å². The topological polar surface area (TPSA) is 55.9 Å². The van der Waals surface area contributed by atoms with Crippen molar-refractivity contribution in [3.05, 3.63) is 47.6 Å². The summed E-state index contributed by atoms with van der Waals surface area (Å²) in [4.78, 5) is 4.83. The molecule has 2 heterocycles. The molecule has 2 aromatic heterocycles. The molecule has 0 aliphatic heterocycles. The van der Waals surface area contributed by atoms with Crippen LogP contribution in [0.3, 0.4) is 0 Å². The second-order valence-electron chi connectivity index (χ2n) is 7.08. The van der Waals surface area contributed by atoms with Crippen molar-refractivity contribution >= 4 is 11.0 Å². The van der Waals surface area contributed by atoms with Gasteiger partial charge in [-0.05, 0) is 44.7 Å². The van der Waals surface area contributed by atoms with Gasteiger partial charge in [-0.15, -0.1) is 0 Å². The summed E-state index contributed by atoms with van der Waals surface area (Å²) in [6.07, 6.45) is 4.73. The lowest BCUT2D eigenvalue weighted by Gasteiger charge is -2.20. The Morgan fingerprint density at radius 2 is 2.16 bits per heavy atom. The number of imidazole rings is 1.